The van der Waals surface area contributed by atoms with Gasteiger partial charge in [0, 0.05) is 30.8 Å². The number of nitrogens with zero attached hydrogens (tertiary/aromatic N) is 2. The Balaban J connectivity index is 1.95. The maximum Gasteiger partial charge on any atom is 0.228 e. The zero-order chi connectivity index (χ0) is 13.2. The molecule has 0 unspecified atom stereocenters. The van der Waals surface area contributed by atoms with Gasteiger partial charge in [0.05, 0.1) is 0 Å². The topological polar surface area (TPSA) is 40.6 Å². The summed E-state index contributed by atoms with van der Waals surface area (Å²) in [5.74, 6) is 1.03. The van der Waals surface area contributed by atoms with Gasteiger partial charge in [0.1, 0.15) is 5.82 Å². The molecule has 0 saturated carbocycles. The van der Waals surface area contributed by atoms with E-state index in [1.54, 1.807) is 21.1 Å². The van der Waals surface area contributed by atoms with Crippen molar-refractivity contribution < 1.29 is 9.59 Å². The van der Waals surface area contributed by atoms with E-state index in [2.05, 4.69) is 0 Å². The van der Waals surface area contributed by atoms with Gasteiger partial charge in [-0.2, -0.15) is 0 Å². The summed E-state index contributed by atoms with van der Waals surface area (Å²) in [7, 11) is 0. The quantitative estimate of drug-likeness (QED) is 0.850. The van der Waals surface area contributed by atoms with Gasteiger partial charge < -0.3 is 0 Å². The number of carbonyl (C=O) groups excluding carboxylic acids is 2. The van der Waals surface area contributed by atoms with E-state index >= 15 is 0 Å². The Labute approximate surface area is 116 Å². The lowest BCUT2D eigenvalue weighted by Crippen LogP contribution is -2.36. The molecule has 2 aliphatic heterocycles. The first-order valence-corrected chi connectivity index (χ1v) is 7.49. The second-order valence-electron chi connectivity index (χ2n) is 4.82. The second kappa shape index (κ2) is 5.17. The van der Waals surface area contributed by atoms with E-state index in [0.717, 1.165) is 36.6 Å². The molecule has 0 atom stereocenters. The molecular weight excluding hydrogens is 260 g/mol. The fourth-order valence-electron chi connectivity index (χ4n) is 2.58. The minimum atomic E-state index is 0.127. The van der Waals surface area contributed by atoms with Crippen LogP contribution in [0.3, 0.4) is 0 Å². The third-order valence-corrected chi connectivity index (χ3v) is 4.33. The smallest absolute Gasteiger partial charge is 0.228 e. The molecule has 19 heavy (non-hydrogen) atoms. The number of hydrogen-bond acceptors (Lipinski definition) is 3. The van der Waals surface area contributed by atoms with Crippen molar-refractivity contribution in [3.63, 3.8) is 0 Å². The zero-order valence-corrected chi connectivity index (χ0v) is 11.5. The SMILES string of the molecule is O=C1CCCN1C(=Cc1cccs1)N1CCCC1=O. The van der Waals surface area contributed by atoms with Crippen LogP contribution in [0.25, 0.3) is 6.08 Å². The largest absolute Gasteiger partial charge is 0.298 e. The molecule has 2 fully saturated rings. The second-order valence-corrected chi connectivity index (χ2v) is 5.80. The van der Waals surface area contributed by atoms with E-state index < -0.39 is 0 Å². The standard InChI is InChI=1S/C14H16N2O2S/c17-13-5-1-7-15(13)12(10-11-4-3-9-19-11)16-8-2-6-14(16)18/h3-4,9-10H,1-2,5-8H2. The van der Waals surface area contributed by atoms with Crippen molar-refractivity contribution >= 4 is 29.2 Å². The van der Waals surface area contributed by atoms with Crippen molar-refractivity contribution in [3.8, 4) is 0 Å². The highest BCUT2D eigenvalue weighted by atomic mass is 32.1. The Morgan fingerprint density at radius 2 is 1.74 bits per heavy atom. The van der Waals surface area contributed by atoms with E-state index in [-0.39, 0.29) is 11.8 Å². The summed E-state index contributed by atoms with van der Waals surface area (Å²) in [5.41, 5.74) is 0. The summed E-state index contributed by atoms with van der Waals surface area (Å²) >= 11 is 1.62. The predicted molar refractivity (Wildman–Crippen MR) is 74.2 cm³/mol. The monoisotopic (exact) mass is 276 g/mol. The molecule has 3 heterocycles. The van der Waals surface area contributed by atoms with Crippen LogP contribution in [0.4, 0.5) is 0 Å². The maximum absolute atomic E-state index is 12.0. The molecule has 0 radical (unpaired) electrons. The molecule has 3 rings (SSSR count). The van der Waals surface area contributed by atoms with Crippen LogP contribution < -0.4 is 0 Å². The van der Waals surface area contributed by atoms with Gasteiger partial charge in [0.25, 0.3) is 0 Å². The molecule has 2 amide bonds. The summed E-state index contributed by atoms with van der Waals surface area (Å²) in [6.45, 7) is 1.44. The van der Waals surface area contributed by atoms with Gasteiger partial charge in [-0.25, -0.2) is 0 Å². The normalized spacial score (nSPS) is 19.4. The van der Waals surface area contributed by atoms with Crippen molar-refractivity contribution in [2.45, 2.75) is 25.7 Å². The highest BCUT2D eigenvalue weighted by molar-refractivity contribution is 7.10. The molecule has 1 aromatic heterocycles. The molecule has 0 bridgehead atoms. The fraction of sp³-hybridized carbons (Fsp3) is 0.429. The first-order chi connectivity index (χ1) is 9.25. The average molecular weight is 276 g/mol. The number of rotatable bonds is 3. The van der Waals surface area contributed by atoms with Crippen LogP contribution in [0.2, 0.25) is 0 Å². The zero-order valence-electron chi connectivity index (χ0n) is 10.7. The Bertz CT molecular complexity index is 494. The molecule has 0 N–H and O–H groups in total. The fourth-order valence-corrected chi connectivity index (χ4v) is 3.23. The molecule has 0 aliphatic carbocycles. The van der Waals surface area contributed by atoms with Crippen LogP contribution in [-0.2, 0) is 9.59 Å². The number of amides is 2. The average Bonchev–Trinajstić information content (AvgIpc) is 3.09. The summed E-state index contributed by atoms with van der Waals surface area (Å²) in [6.07, 6.45) is 4.90. The summed E-state index contributed by atoms with van der Waals surface area (Å²) in [6, 6.07) is 3.98. The molecule has 4 nitrogen and oxygen atoms in total. The van der Waals surface area contributed by atoms with Crippen LogP contribution in [-0.4, -0.2) is 34.7 Å². The number of likely N-dealkylation sites (tertiary alicyclic amines) is 2. The lowest BCUT2D eigenvalue weighted by Gasteiger charge is -2.27. The minimum Gasteiger partial charge on any atom is -0.298 e. The van der Waals surface area contributed by atoms with E-state index in [1.807, 2.05) is 23.6 Å². The Morgan fingerprint density at radius 3 is 2.16 bits per heavy atom. The molecular formula is C14H16N2O2S. The molecule has 2 saturated heterocycles. The van der Waals surface area contributed by atoms with Crippen LogP contribution in [0.1, 0.15) is 30.6 Å². The van der Waals surface area contributed by atoms with Crippen molar-refractivity contribution in [1.82, 2.24) is 9.80 Å². The number of hydrogen-bond donors (Lipinski definition) is 0. The van der Waals surface area contributed by atoms with Crippen molar-refractivity contribution in [2.75, 3.05) is 13.1 Å². The lowest BCUT2D eigenvalue weighted by molar-refractivity contribution is -0.130. The molecule has 2 aliphatic rings. The van der Waals surface area contributed by atoms with Crippen LogP contribution in [0.15, 0.2) is 23.3 Å². The molecule has 0 aromatic carbocycles. The van der Waals surface area contributed by atoms with Crippen LogP contribution in [0, 0.1) is 0 Å². The molecule has 1 aromatic rings. The summed E-state index contributed by atoms with van der Waals surface area (Å²) in [4.78, 5) is 28.5. The van der Waals surface area contributed by atoms with Gasteiger partial charge in [-0.3, -0.25) is 19.4 Å². The van der Waals surface area contributed by atoms with Crippen molar-refractivity contribution in [1.29, 1.82) is 0 Å². The number of thiophene rings is 1. The highest BCUT2D eigenvalue weighted by Crippen LogP contribution is 2.27. The Morgan fingerprint density at radius 1 is 1.11 bits per heavy atom. The van der Waals surface area contributed by atoms with Crippen LogP contribution in [0.5, 0.6) is 0 Å². The van der Waals surface area contributed by atoms with E-state index in [9.17, 15) is 9.59 Å². The predicted octanol–water partition coefficient (Wildman–Crippen LogP) is 2.29. The molecule has 100 valence electrons. The van der Waals surface area contributed by atoms with Gasteiger partial charge >= 0.3 is 0 Å². The van der Waals surface area contributed by atoms with E-state index in [1.165, 1.54) is 0 Å². The third-order valence-electron chi connectivity index (χ3n) is 3.51. The number of carbonyl (C=O) groups is 2. The van der Waals surface area contributed by atoms with Crippen molar-refractivity contribution in [2.24, 2.45) is 0 Å². The van der Waals surface area contributed by atoms with Crippen LogP contribution >= 0.6 is 11.3 Å². The Hall–Kier alpha value is -1.62. The first kappa shape index (κ1) is 12.4. The summed E-state index contributed by atoms with van der Waals surface area (Å²) in [5, 5.41) is 2.00. The molecule has 0 spiro atoms. The van der Waals surface area contributed by atoms with E-state index in [4.69, 9.17) is 0 Å². The van der Waals surface area contributed by atoms with Gasteiger partial charge in [0.2, 0.25) is 11.8 Å². The van der Waals surface area contributed by atoms with Gasteiger partial charge in [-0.05, 0) is 30.4 Å². The Kier molecular flexibility index (Phi) is 3.38. The van der Waals surface area contributed by atoms with Gasteiger partial charge in [-0.15, -0.1) is 11.3 Å². The van der Waals surface area contributed by atoms with Gasteiger partial charge in [0.15, 0.2) is 0 Å². The maximum atomic E-state index is 12.0. The highest BCUT2D eigenvalue weighted by Gasteiger charge is 2.32. The first-order valence-electron chi connectivity index (χ1n) is 6.61. The summed E-state index contributed by atoms with van der Waals surface area (Å²) < 4.78 is 0. The minimum absolute atomic E-state index is 0.127. The van der Waals surface area contributed by atoms with Gasteiger partial charge in [-0.1, -0.05) is 6.07 Å². The van der Waals surface area contributed by atoms with Crippen molar-refractivity contribution in [3.05, 3.63) is 28.2 Å². The molecule has 5 heteroatoms. The van der Waals surface area contributed by atoms with E-state index in [0.29, 0.717) is 12.8 Å². The third kappa shape index (κ3) is 2.42. The lowest BCUT2D eigenvalue weighted by atomic mass is 10.3.